The number of hydrogen-bond acceptors (Lipinski definition) is 1. The van der Waals surface area contributed by atoms with E-state index in [9.17, 15) is 0 Å². The molecule has 2 rings (SSSR count). The number of hydrogen-bond donors (Lipinski definition) is 0. The molecule has 0 amide bonds. The first-order chi connectivity index (χ1) is 9.19. The molecule has 0 N–H and O–H groups in total. The van der Waals surface area contributed by atoms with Gasteiger partial charge in [-0.05, 0) is 36.4 Å². The smallest absolute Gasteiger partial charge is 0.0446 e. The van der Waals surface area contributed by atoms with Crippen molar-refractivity contribution in [1.29, 1.82) is 0 Å². The maximum atomic E-state index is 3.73. The maximum Gasteiger partial charge on any atom is 0.0446 e. The Hall–Kier alpha value is -2.02. The standard InChI is InChI=1S/C18H21N/c1-5-7-9-15-12-13-16-10-8-11-17(19(4)6-2)18(16)14(15)3/h5,7-13H,1,6H2,2-4H3/b9-7-. The van der Waals surface area contributed by atoms with Crippen LogP contribution >= 0.6 is 0 Å². The molecule has 0 unspecified atom stereocenters. The Labute approximate surface area is 115 Å². The van der Waals surface area contributed by atoms with E-state index < -0.39 is 0 Å². The van der Waals surface area contributed by atoms with Crippen LogP contribution in [0.2, 0.25) is 0 Å². The molecule has 0 radical (unpaired) electrons. The molecular weight excluding hydrogens is 230 g/mol. The normalized spacial score (nSPS) is 11.1. The minimum Gasteiger partial charge on any atom is -0.374 e. The zero-order chi connectivity index (χ0) is 13.8. The van der Waals surface area contributed by atoms with Crippen LogP contribution in [0.15, 0.2) is 49.1 Å². The zero-order valence-corrected chi connectivity index (χ0v) is 12.0. The second-order valence-electron chi connectivity index (χ2n) is 4.76. The van der Waals surface area contributed by atoms with E-state index in [0.717, 1.165) is 6.54 Å². The average Bonchev–Trinajstić information content (AvgIpc) is 2.45. The summed E-state index contributed by atoms with van der Waals surface area (Å²) < 4.78 is 0. The van der Waals surface area contributed by atoms with Gasteiger partial charge in [0, 0.05) is 24.7 Å². The van der Waals surface area contributed by atoms with Crippen LogP contribution in [0.1, 0.15) is 18.1 Å². The van der Waals surface area contributed by atoms with Crippen LogP contribution in [0.4, 0.5) is 5.69 Å². The van der Waals surface area contributed by atoms with Crippen molar-refractivity contribution < 1.29 is 0 Å². The van der Waals surface area contributed by atoms with Crippen LogP contribution < -0.4 is 4.90 Å². The van der Waals surface area contributed by atoms with E-state index in [4.69, 9.17) is 0 Å². The number of allylic oxidation sites excluding steroid dienone is 2. The highest BCUT2D eigenvalue weighted by atomic mass is 15.1. The fourth-order valence-electron chi connectivity index (χ4n) is 2.39. The molecule has 0 heterocycles. The highest BCUT2D eigenvalue weighted by molar-refractivity contribution is 5.98. The van der Waals surface area contributed by atoms with Crippen molar-refractivity contribution in [3.05, 3.63) is 60.2 Å². The molecule has 98 valence electrons. The van der Waals surface area contributed by atoms with Crippen LogP contribution in [0.3, 0.4) is 0 Å². The van der Waals surface area contributed by atoms with Gasteiger partial charge in [-0.25, -0.2) is 0 Å². The van der Waals surface area contributed by atoms with E-state index in [-0.39, 0.29) is 0 Å². The highest BCUT2D eigenvalue weighted by Crippen LogP contribution is 2.31. The Morgan fingerprint density at radius 2 is 2.00 bits per heavy atom. The van der Waals surface area contributed by atoms with E-state index in [1.54, 1.807) is 0 Å². The fraction of sp³-hybridized carbons (Fsp3) is 0.222. The number of fused-ring (bicyclic) bond motifs is 1. The van der Waals surface area contributed by atoms with E-state index in [1.165, 1.54) is 27.6 Å². The predicted octanol–water partition coefficient (Wildman–Crippen LogP) is 4.80. The van der Waals surface area contributed by atoms with Gasteiger partial charge in [0.15, 0.2) is 0 Å². The van der Waals surface area contributed by atoms with Crippen LogP contribution in [-0.4, -0.2) is 13.6 Å². The van der Waals surface area contributed by atoms with Gasteiger partial charge in [0.05, 0.1) is 0 Å². The predicted molar refractivity (Wildman–Crippen MR) is 86.9 cm³/mol. The SMILES string of the molecule is C=C/C=C\c1ccc2cccc(N(C)CC)c2c1C. The second-order valence-corrected chi connectivity index (χ2v) is 4.76. The molecule has 0 bridgehead atoms. The lowest BCUT2D eigenvalue weighted by atomic mass is 9.98. The summed E-state index contributed by atoms with van der Waals surface area (Å²) in [6.07, 6.45) is 5.92. The second kappa shape index (κ2) is 5.75. The minimum atomic E-state index is 1.01. The summed E-state index contributed by atoms with van der Waals surface area (Å²) in [6.45, 7) is 9.11. The maximum absolute atomic E-state index is 3.73. The lowest BCUT2D eigenvalue weighted by molar-refractivity contribution is 0.973. The lowest BCUT2D eigenvalue weighted by Gasteiger charge is -2.21. The number of nitrogens with zero attached hydrogens (tertiary/aromatic N) is 1. The van der Waals surface area contributed by atoms with Gasteiger partial charge < -0.3 is 4.90 Å². The Morgan fingerprint density at radius 3 is 2.68 bits per heavy atom. The Bertz CT molecular complexity index is 623. The minimum absolute atomic E-state index is 1.01. The van der Waals surface area contributed by atoms with Gasteiger partial charge in [0.2, 0.25) is 0 Å². The molecule has 2 aromatic carbocycles. The summed E-state index contributed by atoms with van der Waals surface area (Å²) in [5.74, 6) is 0. The summed E-state index contributed by atoms with van der Waals surface area (Å²) in [4.78, 5) is 2.29. The van der Waals surface area contributed by atoms with Crippen molar-refractivity contribution in [1.82, 2.24) is 0 Å². The Kier molecular flexibility index (Phi) is 4.06. The van der Waals surface area contributed by atoms with Gasteiger partial charge in [0.1, 0.15) is 0 Å². The first-order valence-corrected chi connectivity index (χ1v) is 6.71. The van der Waals surface area contributed by atoms with Gasteiger partial charge >= 0.3 is 0 Å². The van der Waals surface area contributed by atoms with Crippen molar-refractivity contribution in [2.24, 2.45) is 0 Å². The van der Waals surface area contributed by atoms with Crippen LogP contribution in [0, 0.1) is 6.92 Å². The van der Waals surface area contributed by atoms with Crippen LogP contribution in [0.5, 0.6) is 0 Å². The Balaban J connectivity index is 2.71. The molecule has 0 fully saturated rings. The molecule has 1 nitrogen and oxygen atoms in total. The summed E-state index contributed by atoms with van der Waals surface area (Å²) in [5, 5.41) is 2.64. The molecule has 2 aromatic rings. The third-order valence-corrected chi connectivity index (χ3v) is 3.62. The summed E-state index contributed by atoms with van der Waals surface area (Å²) in [5.41, 5.74) is 3.88. The number of rotatable bonds is 4. The first kappa shape index (κ1) is 13.4. The highest BCUT2D eigenvalue weighted by Gasteiger charge is 2.08. The van der Waals surface area contributed by atoms with Crippen LogP contribution in [0.25, 0.3) is 16.8 Å². The Morgan fingerprint density at radius 1 is 1.21 bits per heavy atom. The lowest BCUT2D eigenvalue weighted by Crippen LogP contribution is -2.16. The van der Waals surface area contributed by atoms with Crippen molar-refractivity contribution in [3.8, 4) is 0 Å². The quantitative estimate of drug-likeness (QED) is 0.705. The zero-order valence-electron chi connectivity index (χ0n) is 12.0. The third-order valence-electron chi connectivity index (χ3n) is 3.62. The first-order valence-electron chi connectivity index (χ1n) is 6.71. The number of aryl methyl sites for hydroxylation is 1. The molecule has 1 heteroatoms. The van der Waals surface area contributed by atoms with Gasteiger partial charge in [-0.3, -0.25) is 0 Å². The molecule has 0 spiro atoms. The van der Waals surface area contributed by atoms with E-state index in [1.807, 2.05) is 12.2 Å². The topological polar surface area (TPSA) is 3.24 Å². The van der Waals surface area contributed by atoms with Crippen molar-refractivity contribution in [3.63, 3.8) is 0 Å². The number of benzene rings is 2. The largest absolute Gasteiger partial charge is 0.374 e. The summed E-state index contributed by atoms with van der Waals surface area (Å²) in [6, 6.07) is 10.9. The van der Waals surface area contributed by atoms with E-state index in [0.29, 0.717) is 0 Å². The molecule has 0 aliphatic heterocycles. The molecule has 0 saturated carbocycles. The summed E-state index contributed by atoms with van der Waals surface area (Å²) >= 11 is 0. The van der Waals surface area contributed by atoms with Crippen LogP contribution in [-0.2, 0) is 0 Å². The van der Waals surface area contributed by atoms with Gasteiger partial charge in [0.25, 0.3) is 0 Å². The third kappa shape index (κ3) is 2.55. The summed E-state index contributed by atoms with van der Waals surface area (Å²) in [7, 11) is 2.14. The molecule has 0 aliphatic carbocycles. The monoisotopic (exact) mass is 251 g/mol. The van der Waals surface area contributed by atoms with Gasteiger partial charge in [-0.15, -0.1) is 0 Å². The molecule has 0 atom stereocenters. The van der Waals surface area contributed by atoms with Crippen molar-refractivity contribution in [2.75, 3.05) is 18.5 Å². The van der Waals surface area contributed by atoms with Gasteiger partial charge in [-0.2, -0.15) is 0 Å². The van der Waals surface area contributed by atoms with Gasteiger partial charge in [-0.1, -0.05) is 49.1 Å². The van der Waals surface area contributed by atoms with Crippen molar-refractivity contribution in [2.45, 2.75) is 13.8 Å². The molecule has 0 aromatic heterocycles. The van der Waals surface area contributed by atoms with E-state index >= 15 is 0 Å². The molecule has 19 heavy (non-hydrogen) atoms. The van der Waals surface area contributed by atoms with Crippen molar-refractivity contribution >= 4 is 22.5 Å². The van der Waals surface area contributed by atoms with E-state index in [2.05, 4.69) is 68.8 Å². The number of anilines is 1. The molecule has 0 aliphatic rings. The molecule has 0 saturated heterocycles. The molecular formula is C18H21N. The average molecular weight is 251 g/mol. The fourth-order valence-corrected chi connectivity index (χ4v) is 2.39.